The van der Waals surface area contributed by atoms with Crippen molar-refractivity contribution in [3.63, 3.8) is 0 Å². The van der Waals surface area contributed by atoms with E-state index in [9.17, 15) is 23.9 Å². The van der Waals surface area contributed by atoms with Crippen LogP contribution in [0.3, 0.4) is 0 Å². The van der Waals surface area contributed by atoms with Crippen LogP contribution in [0.2, 0.25) is 5.02 Å². The van der Waals surface area contributed by atoms with Gasteiger partial charge in [-0.25, -0.2) is 9.29 Å². The number of carboxylic acids is 1. The van der Waals surface area contributed by atoms with Gasteiger partial charge in [0.1, 0.15) is 5.82 Å². The molecule has 6 nitrogen and oxygen atoms in total. The van der Waals surface area contributed by atoms with Crippen molar-refractivity contribution in [3.05, 3.63) is 29.0 Å². The number of nitrogens with one attached hydrogen (secondary N) is 1. The molecule has 0 saturated carbocycles. The van der Waals surface area contributed by atoms with Crippen LogP contribution in [-0.2, 0) is 14.4 Å². The Kier molecular flexibility index (Phi) is 4.56. The van der Waals surface area contributed by atoms with E-state index in [1.165, 1.54) is 12.1 Å². The molecule has 2 aliphatic heterocycles. The van der Waals surface area contributed by atoms with E-state index < -0.39 is 23.7 Å². The van der Waals surface area contributed by atoms with Crippen LogP contribution >= 0.6 is 11.6 Å². The zero-order valence-electron chi connectivity index (χ0n) is 12.8. The van der Waals surface area contributed by atoms with E-state index in [0.29, 0.717) is 25.9 Å². The third-order valence-electron chi connectivity index (χ3n) is 4.76. The molecule has 0 aliphatic carbocycles. The number of likely N-dealkylation sites (tertiary alicyclic amines) is 1. The van der Waals surface area contributed by atoms with Crippen molar-refractivity contribution in [1.82, 2.24) is 0 Å². The summed E-state index contributed by atoms with van der Waals surface area (Å²) in [5.41, 5.74) is 0.253. The lowest BCUT2D eigenvalue weighted by Crippen LogP contribution is -3.17. The van der Waals surface area contributed by atoms with E-state index in [-0.39, 0.29) is 28.9 Å². The van der Waals surface area contributed by atoms with Crippen molar-refractivity contribution in [2.45, 2.75) is 25.3 Å². The predicted molar refractivity (Wildman–Crippen MR) is 80.7 cm³/mol. The smallest absolute Gasteiger partial charge is 0.292 e. The number of halogens is 2. The Morgan fingerprint density at radius 3 is 2.54 bits per heavy atom. The van der Waals surface area contributed by atoms with Gasteiger partial charge in [0.25, 0.3) is 5.91 Å². The summed E-state index contributed by atoms with van der Waals surface area (Å²) in [5.74, 6) is -2.89. The summed E-state index contributed by atoms with van der Waals surface area (Å²) in [4.78, 5) is 37.7. The lowest BCUT2D eigenvalue weighted by molar-refractivity contribution is -0.920. The Labute approximate surface area is 142 Å². The summed E-state index contributed by atoms with van der Waals surface area (Å²) in [7, 11) is 0. The second-order valence-corrected chi connectivity index (χ2v) is 6.58. The van der Waals surface area contributed by atoms with Crippen molar-refractivity contribution in [2.75, 3.05) is 18.0 Å². The lowest BCUT2D eigenvalue weighted by Gasteiger charge is -2.32. The minimum atomic E-state index is -1.06. The highest BCUT2D eigenvalue weighted by Gasteiger charge is 2.46. The molecule has 1 N–H and O–H groups in total. The number of piperidine rings is 1. The number of carbonyl (C=O) groups excluding carboxylic acids is 3. The number of hydrogen-bond acceptors (Lipinski definition) is 4. The van der Waals surface area contributed by atoms with E-state index in [2.05, 4.69) is 0 Å². The SMILES string of the molecule is O=C([O-])C1CC[NH+]([C@H]2CC(=O)N(c3ccc(F)c(Cl)c3)C2=O)CC1. The number of rotatable bonds is 3. The monoisotopic (exact) mass is 354 g/mol. The zero-order valence-corrected chi connectivity index (χ0v) is 13.5. The average Bonchev–Trinajstić information content (AvgIpc) is 2.85. The van der Waals surface area contributed by atoms with Crippen LogP contribution in [0.5, 0.6) is 0 Å². The molecule has 1 aromatic rings. The van der Waals surface area contributed by atoms with Crippen LogP contribution in [-0.4, -0.2) is 36.9 Å². The van der Waals surface area contributed by atoms with Gasteiger partial charge in [0.05, 0.1) is 30.2 Å². The summed E-state index contributed by atoms with van der Waals surface area (Å²) >= 11 is 5.73. The van der Waals surface area contributed by atoms with Crippen LogP contribution < -0.4 is 14.9 Å². The van der Waals surface area contributed by atoms with Gasteiger partial charge in [-0.2, -0.15) is 0 Å². The second-order valence-electron chi connectivity index (χ2n) is 6.17. The number of carbonyl (C=O) groups is 3. The molecule has 128 valence electrons. The van der Waals surface area contributed by atoms with Crippen molar-refractivity contribution in [2.24, 2.45) is 5.92 Å². The maximum absolute atomic E-state index is 13.3. The van der Waals surface area contributed by atoms with E-state index in [0.717, 1.165) is 15.9 Å². The van der Waals surface area contributed by atoms with Gasteiger partial charge in [0, 0.05) is 24.7 Å². The summed E-state index contributed by atoms with van der Waals surface area (Å²) in [6, 6.07) is 3.18. The highest BCUT2D eigenvalue weighted by Crippen LogP contribution is 2.27. The Balaban J connectivity index is 1.75. The van der Waals surface area contributed by atoms with Crippen LogP contribution in [0.4, 0.5) is 10.1 Å². The molecule has 24 heavy (non-hydrogen) atoms. The van der Waals surface area contributed by atoms with Gasteiger partial charge in [-0.3, -0.25) is 9.59 Å². The number of amides is 2. The lowest BCUT2D eigenvalue weighted by atomic mass is 9.96. The fraction of sp³-hybridized carbons (Fsp3) is 0.438. The third-order valence-corrected chi connectivity index (χ3v) is 5.05. The van der Waals surface area contributed by atoms with Crippen molar-refractivity contribution in [3.8, 4) is 0 Å². The van der Waals surface area contributed by atoms with Gasteiger partial charge in [0.2, 0.25) is 5.91 Å². The molecule has 3 rings (SSSR count). The number of anilines is 1. The van der Waals surface area contributed by atoms with Crippen LogP contribution in [0.15, 0.2) is 18.2 Å². The molecule has 0 radical (unpaired) electrons. The van der Waals surface area contributed by atoms with E-state index in [1.54, 1.807) is 0 Å². The van der Waals surface area contributed by atoms with Crippen molar-refractivity contribution < 1.29 is 28.8 Å². The number of carboxylic acid groups (broad SMARTS) is 1. The maximum atomic E-state index is 13.3. The minimum absolute atomic E-state index is 0.0547. The Hall–Kier alpha value is -1.99. The average molecular weight is 355 g/mol. The minimum Gasteiger partial charge on any atom is -0.550 e. The predicted octanol–water partition coefficient (Wildman–Crippen LogP) is -0.844. The van der Waals surface area contributed by atoms with Gasteiger partial charge in [-0.05, 0) is 18.2 Å². The quantitative estimate of drug-likeness (QED) is 0.717. The summed E-state index contributed by atoms with van der Waals surface area (Å²) in [6.07, 6.45) is 0.912. The van der Waals surface area contributed by atoms with Gasteiger partial charge in [-0.1, -0.05) is 11.6 Å². The molecule has 0 spiro atoms. The number of aliphatic carboxylic acids is 1. The van der Waals surface area contributed by atoms with E-state index in [1.807, 2.05) is 0 Å². The van der Waals surface area contributed by atoms with E-state index in [4.69, 9.17) is 11.6 Å². The molecule has 8 heteroatoms. The van der Waals surface area contributed by atoms with Crippen molar-refractivity contribution in [1.29, 1.82) is 0 Å². The Morgan fingerprint density at radius 2 is 1.96 bits per heavy atom. The number of quaternary nitrogens is 1. The highest BCUT2D eigenvalue weighted by atomic mass is 35.5. The summed E-state index contributed by atoms with van der Waals surface area (Å²) in [5, 5.41) is 10.7. The number of nitrogens with zero attached hydrogens (tertiary/aromatic N) is 1. The first-order valence-electron chi connectivity index (χ1n) is 7.75. The van der Waals surface area contributed by atoms with Crippen molar-refractivity contribution >= 4 is 35.1 Å². The van der Waals surface area contributed by atoms with Gasteiger partial charge in [0.15, 0.2) is 6.04 Å². The number of benzene rings is 1. The van der Waals surface area contributed by atoms with Gasteiger partial charge < -0.3 is 14.8 Å². The number of imide groups is 1. The fourth-order valence-electron chi connectivity index (χ4n) is 3.42. The highest BCUT2D eigenvalue weighted by molar-refractivity contribution is 6.31. The fourth-order valence-corrected chi connectivity index (χ4v) is 3.59. The molecule has 0 bridgehead atoms. The van der Waals surface area contributed by atoms with E-state index >= 15 is 0 Å². The molecule has 0 unspecified atom stereocenters. The van der Waals surface area contributed by atoms with Gasteiger partial charge in [-0.15, -0.1) is 0 Å². The third kappa shape index (κ3) is 3.01. The normalized spacial score (nSPS) is 27.6. The largest absolute Gasteiger partial charge is 0.550 e. The standard InChI is InChI=1S/C16H16ClFN2O4/c17-11-7-10(1-2-12(11)18)20-14(21)8-13(15(20)22)19-5-3-9(4-6-19)16(23)24/h1-2,7,9,13H,3-6,8H2,(H,23,24)/t13-/m0/s1. The Morgan fingerprint density at radius 1 is 1.29 bits per heavy atom. The molecule has 2 fully saturated rings. The first kappa shape index (κ1) is 16.9. The second kappa shape index (κ2) is 6.49. The zero-order chi connectivity index (χ0) is 17.4. The van der Waals surface area contributed by atoms with Crippen LogP contribution in [0, 0.1) is 11.7 Å². The molecule has 2 heterocycles. The van der Waals surface area contributed by atoms with Gasteiger partial charge >= 0.3 is 0 Å². The molecular weight excluding hydrogens is 339 g/mol. The topological polar surface area (TPSA) is 81.9 Å². The van der Waals surface area contributed by atoms with Crippen LogP contribution in [0.1, 0.15) is 19.3 Å². The molecule has 0 aromatic heterocycles. The van der Waals surface area contributed by atoms with Crippen LogP contribution in [0.25, 0.3) is 0 Å². The first-order chi connectivity index (χ1) is 11.4. The summed E-state index contributed by atoms with van der Waals surface area (Å²) < 4.78 is 13.3. The summed E-state index contributed by atoms with van der Waals surface area (Å²) in [6.45, 7) is 1.00. The Bertz CT molecular complexity index is 703. The number of hydrogen-bond donors (Lipinski definition) is 1. The molecule has 1 aromatic carbocycles. The molecule has 2 saturated heterocycles. The molecular formula is C16H16ClFN2O4. The molecule has 2 aliphatic rings. The molecule has 2 amide bonds. The molecule has 1 atom stereocenters. The first-order valence-corrected chi connectivity index (χ1v) is 8.13. The maximum Gasteiger partial charge on any atom is 0.292 e.